The molecule has 0 saturated carbocycles. The predicted octanol–water partition coefficient (Wildman–Crippen LogP) is 2.57. The van der Waals surface area contributed by atoms with Crippen LogP contribution < -0.4 is 10.9 Å². The van der Waals surface area contributed by atoms with Gasteiger partial charge in [0, 0.05) is 4.88 Å². The fourth-order valence-electron chi connectivity index (χ4n) is 3.62. The molecule has 5 nitrogen and oxygen atoms in total. The van der Waals surface area contributed by atoms with E-state index < -0.39 is 0 Å². The van der Waals surface area contributed by atoms with Crippen LogP contribution in [0.2, 0.25) is 0 Å². The van der Waals surface area contributed by atoms with E-state index in [4.69, 9.17) is 9.40 Å². The number of aromatic nitrogens is 2. The molecule has 0 fully saturated rings. The van der Waals surface area contributed by atoms with Gasteiger partial charge >= 0.3 is 0 Å². The summed E-state index contributed by atoms with van der Waals surface area (Å²) in [4.78, 5) is 22.7. The van der Waals surface area contributed by atoms with Crippen LogP contribution in [0.25, 0.3) is 10.2 Å². The van der Waals surface area contributed by atoms with Gasteiger partial charge in [0.2, 0.25) is 0 Å². The number of nitrogens with one attached hydrogen (secondary N) is 1. The lowest BCUT2D eigenvalue weighted by atomic mass is 9.89. The zero-order valence-electron chi connectivity index (χ0n) is 14.7. The molecular formula is C19H24N3O2S+. The van der Waals surface area contributed by atoms with Crippen molar-refractivity contribution in [1.29, 1.82) is 0 Å². The third-order valence-corrected chi connectivity index (χ3v) is 6.25. The smallest absolute Gasteiger partial charge is 0.260 e. The molecule has 0 saturated heterocycles. The minimum atomic E-state index is 0.0262. The van der Waals surface area contributed by atoms with E-state index in [1.54, 1.807) is 17.6 Å². The molecule has 132 valence electrons. The topological polar surface area (TPSA) is 75.5 Å². The van der Waals surface area contributed by atoms with Crippen LogP contribution >= 0.6 is 11.3 Å². The van der Waals surface area contributed by atoms with Crippen molar-refractivity contribution in [2.24, 2.45) is 5.92 Å². The highest BCUT2D eigenvalue weighted by Crippen LogP contribution is 2.35. The number of furan rings is 1. The van der Waals surface area contributed by atoms with Gasteiger partial charge in [-0.15, -0.1) is 11.3 Å². The Bertz CT molecular complexity index is 926. The summed E-state index contributed by atoms with van der Waals surface area (Å²) in [6, 6.07) is 4.01. The van der Waals surface area contributed by atoms with Gasteiger partial charge in [0.1, 0.15) is 16.6 Å². The van der Waals surface area contributed by atoms with Gasteiger partial charge in [-0.25, -0.2) is 4.98 Å². The fourth-order valence-corrected chi connectivity index (χ4v) is 5.01. The Labute approximate surface area is 150 Å². The molecule has 2 atom stereocenters. The highest BCUT2D eigenvalue weighted by molar-refractivity contribution is 7.18. The number of nitrogens with zero attached hydrogens (tertiary/aromatic N) is 1. The molecule has 0 bridgehead atoms. The van der Waals surface area contributed by atoms with E-state index in [2.05, 4.69) is 24.1 Å². The molecule has 3 aromatic heterocycles. The van der Waals surface area contributed by atoms with Gasteiger partial charge in [-0.3, -0.25) is 4.79 Å². The lowest BCUT2D eigenvalue weighted by molar-refractivity contribution is -0.693. The number of fused-ring (bicyclic) bond motifs is 3. The van der Waals surface area contributed by atoms with Crippen LogP contribution in [0.5, 0.6) is 0 Å². The molecule has 25 heavy (non-hydrogen) atoms. The SMILES string of the molecule is C[C@@H]1CCc2c(sc3nc([C@@H](C)[NH2+]CCc4ccco4)[nH]c(=O)c23)C1. The predicted molar refractivity (Wildman–Crippen MR) is 99.0 cm³/mol. The summed E-state index contributed by atoms with van der Waals surface area (Å²) >= 11 is 1.71. The Morgan fingerprint density at radius 3 is 3.20 bits per heavy atom. The van der Waals surface area contributed by atoms with Gasteiger partial charge < -0.3 is 14.7 Å². The first-order chi connectivity index (χ1) is 12.1. The van der Waals surface area contributed by atoms with Crippen molar-refractivity contribution >= 4 is 21.6 Å². The van der Waals surface area contributed by atoms with Gasteiger partial charge in [0.05, 0.1) is 24.6 Å². The van der Waals surface area contributed by atoms with E-state index in [0.29, 0.717) is 5.92 Å². The van der Waals surface area contributed by atoms with Crippen molar-refractivity contribution in [3.63, 3.8) is 0 Å². The standard InChI is InChI=1S/C19H23N3O2S/c1-11-5-6-14-15(10-11)25-19-16(14)18(23)21-17(22-19)12(2)20-8-7-13-4-3-9-24-13/h3-4,9,11-12,20H,5-8,10H2,1-2H3,(H,21,22,23)/p+1/t11-,12-/m1/s1. The molecule has 0 aromatic carbocycles. The molecule has 3 N–H and O–H groups in total. The zero-order chi connectivity index (χ0) is 17.4. The maximum absolute atomic E-state index is 12.7. The number of hydrogen-bond acceptors (Lipinski definition) is 4. The average molecular weight is 358 g/mol. The van der Waals surface area contributed by atoms with Crippen LogP contribution in [0.15, 0.2) is 27.6 Å². The lowest BCUT2D eigenvalue weighted by Crippen LogP contribution is -2.85. The second-order valence-electron chi connectivity index (χ2n) is 7.13. The number of hydrogen-bond donors (Lipinski definition) is 2. The third kappa shape index (κ3) is 3.28. The third-order valence-electron chi connectivity index (χ3n) is 5.11. The van der Waals surface area contributed by atoms with Gasteiger partial charge in [0.25, 0.3) is 5.56 Å². The number of thiophene rings is 1. The molecule has 3 aromatic rings. The van der Waals surface area contributed by atoms with Crippen LogP contribution in [0, 0.1) is 5.92 Å². The van der Waals surface area contributed by atoms with Crippen molar-refractivity contribution in [3.8, 4) is 0 Å². The van der Waals surface area contributed by atoms with Crippen LogP contribution in [-0.2, 0) is 19.3 Å². The van der Waals surface area contributed by atoms with Crippen LogP contribution in [-0.4, -0.2) is 16.5 Å². The van der Waals surface area contributed by atoms with Gasteiger partial charge in [-0.2, -0.15) is 0 Å². The molecule has 0 spiro atoms. The summed E-state index contributed by atoms with van der Waals surface area (Å²) in [5.41, 5.74) is 1.27. The monoisotopic (exact) mass is 358 g/mol. The quantitative estimate of drug-likeness (QED) is 0.736. The Morgan fingerprint density at radius 1 is 1.52 bits per heavy atom. The van der Waals surface area contributed by atoms with E-state index in [9.17, 15) is 4.79 Å². The van der Waals surface area contributed by atoms with Crippen molar-refractivity contribution in [1.82, 2.24) is 9.97 Å². The van der Waals surface area contributed by atoms with Gasteiger partial charge in [-0.05, 0) is 49.8 Å². The maximum atomic E-state index is 12.7. The Morgan fingerprint density at radius 2 is 2.40 bits per heavy atom. The number of nitrogens with two attached hydrogens (primary N) is 1. The summed E-state index contributed by atoms with van der Waals surface area (Å²) in [5, 5.41) is 3.03. The average Bonchev–Trinajstić information content (AvgIpc) is 3.21. The molecule has 0 aliphatic heterocycles. The van der Waals surface area contributed by atoms with Crippen LogP contribution in [0.4, 0.5) is 0 Å². The molecule has 6 heteroatoms. The van der Waals surface area contributed by atoms with E-state index in [1.165, 1.54) is 10.4 Å². The van der Waals surface area contributed by atoms with E-state index >= 15 is 0 Å². The molecule has 0 amide bonds. The Balaban J connectivity index is 1.55. The minimum Gasteiger partial charge on any atom is -0.469 e. The van der Waals surface area contributed by atoms with Crippen molar-refractivity contribution in [2.75, 3.05) is 6.54 Å². The molecule has 3 heterocycles. The van der Waals surface area contributed by atoms with E-state index in [0.717, 1.165) is 54.0 Å². The normalized spacial score (nSPS) is 18.4. The Hall–Kier alpha value is -1.92. The van der Waals surface area contributed by atoms with Crippen molar-refractivity contribution < 1.29 is 9.73 Å². The first-order valence-electron chi connectivity index (χ1n) is 9.02. The van der Waals surface area contributed by atoms with E-state index in [-0.39, 0.29) is 11.6 Å². The maximum Gasteiger partial charge on any atom is 0.260 e. The van der Waals surface area contributed by atoms with Crippen LogP contribution in [0.3, 0.4) is 0 Å². The fraction of sp³-hybridized carbons (Fsp3) is 0.474. The van der Waals surface area contributed by atoms with Gasteiger partial charge in [0.15, 0.2) is 5.82 Å². The molecular weight excluding hydrogens is 334 g/mol. The molecule has 1 aliphatic carbocycles. The summed E-state index contributed by atoms with van der Waals surface area (Å²) in [6.45, 7) is 5.27. The second-order valence-corrected chi connectivity index (χ2v) is 8.21. The largest absolute Gasteiger partial charge is 0.469 e. The second kappa shape index (κ2) is 6.77. The minimum absolute atomic E-state index is 0.0262. The van der Waals surface area contributed by atoms with Crippen molar-refractivity contribution in [2.45, 2.75) is 45.6 Å². The summed E-state index contributed by atoms with van der Waals surface area (Å²) < 4.78 is 5.36. The molecule has 0 radical (unpaired) electrons. The lowest BCUT2D eigenvalue weighted by Gasteiger charge is -2.17. The summed E-state index contributed by atoms with van der Waals surface area (Å²) in [7, 11) is 0. The highest BCUT2D eigenvalue weighted by Gasteiger charge is 2.24. The summed E-state index contributed by atoms with van der Waals surface area (Å²) in [6.07, 6.45) is 5.82. The highest BCUT2D eigenvalue weighted by atomic mass is 32.1. The first-order valence-corrected chi connectivity index (χ1v) is 9.83. The number of H-pyrrole nitrogens is 1. The number of rotatable bonds is 5. The summed E-state index contributed by atoms with van der Waals surface area (Å²) in [5.74, 6) is 2.46. The van der Waals surface area contributed by atoms with E-state index in [1.807, 2.05) is 12.1 Å². The van der Waals surface area contributed by atoms with Gasteiger partial charge in [-0.1, -0.05) is 6.92 Å². The molecule has 0 unspecified atom stereocenters. The number of aryl methyl sites for hydroxylation is 1. The molecule has 1 aliphatic rings. The first kappa shape index (κ1) is 16.5. The van der Waals surface area contributed by atoms with Crippen molar-refractivity contribution in [3.05, 3.63) is 50.8 Å². The van der Waals surface area contributed by atoms with Crippen LogP contribution in [0.1, 0.15) is 48.3 Å². The molecule has 4 rings (SSSR count). The zero-order valence-corrected chi connectivity index (χ0v) is 15.5. The Kier molecular flexibility index (Phi) is 4.48. The number of aromatic amines is 1. The number of quaternary nitrogens is 1.